The van der Waals surface area contributed by atoms with Crippen LogP contribution in [0.2, 0.25) is 0 Å². The Kier molecular flexibility index (Phi) is 6.50. The van der Waals surface area contributed by atoms with Crippen LogP contribution in [0.25, 0.3) is 10.6 Å². The van der Waals surface area contributed by atoms with Crippen molar-refractivity contribution >= 4 is 22.9 Å². The molecule has 1 unspecified atom stereocenters. The first-order valence-corrected chi connectivity index (χ1v) is 11.6. The maximum Gasteiger partial charge on any atom is 0.241 e. The lowest BCUT2D eigenvalue weighted by molar-refractivity contribution is -0.121. The molecule has 1 aliphatic heterocycles. The molecule has 8 heteroatoms. The zero-order chi connectivity index (χ0) is 22.0. The maximum absolute atomic E-state index is 12.8. The Morgan fingerprint density at radius 2 is 1.87 bits per heavy atom. The normalized spacial score (nSPS) is 16.4. The average Bonchev–Trinajstić information content (AvgIpc) is 3.34. The predicted molar refractivity (Wildman–Crippen MR) is 125 cm³/mol. The SMILES string of the molecule is Cc1nn(C)c(C)c1NC(=O)C(C)N1CCN(Cc2csc(-c3ccccc3)n2)CC1. The minimum Gasteiger partial charge on any atom is -0.322 e. The average molecular weight is 439 g/mol. The Morgan fingerprint density at radius 1 is 1.16 bits per heavy atom. The van der Waals surface area contributed by atoms with E-state index in [0.717, 1.165) is 60.5 Å². The molecule has 1 aromatic carbocycles. The van der Waals surface area contributed by atoms with E-state index < -0.39 is 0 Å². The molecule has 0 spiro atoms. The van der Waals surface area contributed by atoms with Crippen LogP contribution in [-0.2, 0) is 18.4 Å². The molecule has 1 amide bonds. The van der Waals surface area contributed by atoms with Crippen molar-refractivity contribution in [1.29, 1.82) is 0 Å². The number of amides is 1. The van der Waals surface area contributed by atoms with Gasteiger partial charge in [-0.05, 0) is 20.8 Å². The number of aromatic nitrogens is 3. The second-order valence-corrected chi connectivity index (χ2v) is 9.01. The molecule has 1 saturated heterocycles. The highest BCUT2D eigenvalue weighted by Crippen LogP contribution is 2.24. The van der Waals surface area contributed by atoms with Crippen LogP contribution in [0.5, 0.6) is 0 Å². The molecule has 164 valence electrons. The van der Waals surface area contributed by atoms with Gasteiger partial charge in [-0.15, -0.1) is 11.3 Å². The van der Waals surface area contributed by atoms with E-state index in [2.05, 4.69) is 37.7 Å². The van der Waals surface area contributed by atoms with Crippen molar-refractivity contribution in [2.45, 2.75) is 33.4 Å². The van der Waals surface area contributed by atoms with Crippen LogP contribution in [0.1, 0.15) is 24.0 Å². The Morgan fingerprint density at radius 3 is 2.52 bits per heavy atom. The lowest BCUT2D eigenvalue weighted by atomic mass is 10.2. The molecular formula is C23H30N6OS. The molecule has 2 aromatic heterocycles. The van der Waals surface area contributed by atoms with Gasteiger partial charge in [0.05, 0.1) is 28.8 Å². The van der Waals surface area contributed by atoms with Crippen molar-refractivity contribution in [3.8, 4) is 10.6 Å². The van der Waals surface area contributed by atoms with E-state index in [-0.39, 0.29) is 11.9 Å². The number of carbonyl (C=O) groups is 1. The van der Waals surface area contributed by atoms with Gasteiger partial charge in [-0.1, -0.05) is 30.3 Å². The van der Waals surface area contributed by atoms with Crippen molar-refractivity contribution < 1.29 is 4.79 Å². The van der Waals surface area contributed by atoms with Gasteiger partial charge in [0.2, 0.25) is 5.91 Å². The molecule has 0 bridgehead atoms. The molecule has 3 heterocycles. The monoisotopic (exact) mass is 438 g/mol. The van der Waals surface area contributed by atoms with Gasteiger partial charge in [-0.2, -0.15) is 5.10 Å². The van der Waals surface area contributed by atoms with Crippen LogP contribution in [-0.4, -0.2) is 62.7 Å². The highest BCUT2D eigenvalue weighted by Gasteiger charge is 2.27. The molecule has 1 N–H and O–H groups in total. The van der Waals surface area contributed by atoms with Gasteiger partial charge in [0, 0.05) is 50.7 Å². The summed E-state index contributed by atoms with van der Waals surface area (Å²) in [5, 5.41) is 10.7. The predicted octanol–water partition coefficient (Wildman–Crippen LogP) is 3.31. The van der Waals surface area contributed by atoms with Crippen molar-refractivity contribution in [3.05, 3.63) is 52.8 Å². The van der Waals surface area contributed by atoms with Crippen LogP contribution in [0.15, 0.2) is 35.7 Å². The van der Waals surface area contributed by atoms with Crippen LogP contribution in [0, 0.1) is 13.8 Å². The largest absolute Gasteiger partial charge is 0.322 e. The third kappa shape index (κ3) is 4.87. The summed E-state index contributed by atoms with van der Waals surface area (Å²) in [7, 11) is 1.89. The number of hydrogen-bond donors (Lipinski definition) is 1. The molecule has 1 aliphatic rings. The Bertz CT molecular complexity index is 1040. The number of thiazole rings is 1. The topological polar surface area (TPSA) is 66.3 Å². The van der Waals surface area contributed by atoms with E-state index in [0.29, 0.717) is 0 Å². The fourth-order valence-corrected chi connectivity index (χ4v) is 4.80. The second kappa shape index (κ2) is 9.30. The van der Waals surface area contributed by atoms with Crippen molar-refractivity contribution in [2.24, 2.45) is 7.05 Å². The number of rotatable bonds is 6. The lowest BCUT2D eigenvalue weighted by Gasteiger charge is -2.37. The molecule has 4 rings (SSSR count). The third-order valence-corrected chi connectivity index (χ3v) is 6.99. The van der Waals surface area contributed by atoms with Crippen molar-refractivity contribution in [2.75, 3.05) is 31.5 Å². The summed E-state index contributed by atoms with van der Waals surface area (Å²) in [6, 6.07) is 10.1. The van der Waals surface area contributed by atoms with Crippen LogP contribution in [0.4, 0.5) is 5.69 Å². The van der Waals surface area contributed by atoms with E-state index in [4.69, 9.17) is 4.98 Å². The first-order chi connectivity index (χ1) is 14.9. The number of hydrogen-bond acceptors (Lipinski definition) is 6. The van der Waals surface area contributed by atoms with Gasteiger partial charge >= 0.3 is 0 Å². The first-order valence-electron chi connectivity index (χ1n) is 10.7. The zero-order valence-corrected chi connectivity index (χ0v) is 19.4. The molecule has 0 radical (unpaired) electrons. The van der Waals surface area contributed by atoms with Gasteiger partial charge in [0.25, 0.3) is 0 Å². The number of nitrogens with zero attached hydrogens (tertiary/aromatic N) is 5. The van der Waals surface area contributed by atoms with Gasteiger partial charge in [-0.25, -0.2) is 4.98 Å². The van der Waals surface area contributed by atoms with Crippen LogP contribution >= 0.6 is 11.3 Å². The van der Waals surface area contributed by atoms with E-state index in [1.807, 2.05) is 46.0 Å². The minimum atomic E-state index is -0.176. The number of aryl methyl sites for hydroxylation is 2. The van der Waals surface area contributed by atoms with Gasteiger partial charge < -0.3 is 5.32 Å². The summed E-state index contributed by atoms with van der Waals surface area (Å²) >= 11 is 1.70. The van der Waals surface area contributed by atoms with E-state index in [1.165, 1.54) is 5.56 Å². The molecule has 1 atom stereocenters. The Balaban J connectivity index is 1.29. The third-order valence-electron chi connectivity index (χ3n) is 6.05. The number of nitrogens with one attached hydrogen (secondary N) is 1. The molecule has 3 aromatic rings. The molecule has 7 nitrogen and oxygen atoms in total. The summed E-state index contributed by atoms with van der Waals surface area (Å²) in [5.74, 6) is 0.0275. The van der Waals surface area contributed by atoms with Gasteiger partial charge in [0.15, 0.2) is 0 Å². The highest BCUT2D eigenvalue weighted by atomic mass is 32.1. The molecule has 0 saturated carbocycles. The summed E-state index contributed by atoms with van der Waals surface area (Å²) < 4.78 is 1.80. The molecule has 31 heavy (non-hydrogen) atoms. The van der Waals surface area contributed by atoms with Gasteiger partial charge in [0.1, 0.15) is 5.01 Å². The van der Waals surface area contributed by atoms with E-state index >= 15 is 0 Å². The maximum atomic E-state index is 12.8. The van der Waals surface area contributed by atoms with E-state index in [1.54, 1.807) is 16.0 Å². The van der Waals surface area contributed by atoms with Crippen LogP contribution < -0.4 is 5.32 Å². The van der Waals surface area contributed by atoms with Gasteiger partial charge in [-0.3, -0.25) is 19.3 Å². The standard InChI is InChI=1S/C23H30N6OS/c1-16-21(17(2)27(4)26-16)25-22(30)18(3)29-12-10-28(11-13-29)14-20-15-31-23(24-20)19-8-6-5-7-9-19/h5-9,15,18H,10-14H2,1-4H3,(H,25,30). The van der Waals surface area contributed by atoms with Crippen molar-refractivity contribution in [1.82, 2.24) is 24.6 Å². The summed E-state index contributed by atoms with van der Waals surface area (Å²) in [4.78, 5) is 22.3. The fourth-order valence-electron chi connectivity index (χ4n) is 3.98. The van der Waals surface area contributed by atoms with Crippen LogP contribution in [0.3, 0.4) is 0 Å². The molecule has 0 aliphatic carbocycles. The summed E-state index contributed by atoms with van der Waals surface area (Å²) in [6.07, 6.45) is 0. The Hall–Kier alpha value is -2.55. The molecule has 1 fully saturated rings. The second-order valence-electron chi connectivity index (χ2n) is 8.16. The zero-order valence-electron chi connectivity index (χ0n) is 18.6. The molecular weight excluding hydrogens is 408 g/mol. The highest BCUT2D eigenvalue weighted by molar-refractivity contribution is 7.13. The number of benzene rings is 1. The Labute approximate surface area is 187 Å². The van der Waals surface area contributed by atoms with Crippen molar-refractivity contribution in [3.63, 3.8) is 0 Å². The lowest BCUT2D eigenvalue weighted by Crippen LogP contribution is -2.52. The summed E-state index contributed by atoms with van der Waals surface area (Å²) in [5.41, 5.74) is 4.94. The minimum absolute atomic E-state index is 0.0275. The smallest absolute Gasteiger partial charge is 0.241 e. The quantitative estimate of drug-likeness (QED) is 0.640. The van der Waals surface area contributed by atoms with E-state index in [9.17, 15) is 4.79 Å². The number of piperazine rings is 1. The number of carbonyl (C=O) groups excluding carboxylic acids is 1. The fraction of sp³-hybridized carbons (Fsp3) is 0.435. The first kappa shape index (κ1) is 21.7. The summed E-state index contributed by atoms with van der Waals surface area (Å²) in [6.45, 7) is 10.3. The number of anilines is 1.